The number of rotatable bonds is 6. The van der Waals surface area contributed by atoms with Crippen molar-refractivity contribution in [3.8, 4) is 5.75 Å². The van der Waals surface area contributed by atoms with E-state index in [1.54, 1.807) is 17.7 Å². The van der Waals surface area contributed by atoms with Crippen molar-refractivity contribution in [2.75, 3.05) is 18.4 Å². The number of nitrogens with one attached hydrogen (secondary N) is 1. The molecule has 2 amide bonds. The van der Waals surface area contributed by atoms with E-state index >= 15 is 0 Å². The number of ether oxygens (including phenoxy) is 1. The van der Waals surface area contributed by atoms with Gasteiger partial charge in [-0.2, -0.15) is 0 Å². The van der Waals surface area contributed by atoms with Crippen LogP contribution in [0.1, 0.15) is 22.3 Å². The minimum absolute atomic E-state index is 0.123. The first-order valence-corrected chi connectivity index (χ1v) is 12.0. The minimum atomic E-state index is -4.80. The largest absolute Gasteiger partial charge is 0.573 e. The molecule has 3 heterocycles. The number of fused-ring (bicyclic) bond motifs is 2. The second-order valence-corrected chi connectivity index (χ2v) is 9.63. The lowest BCUT2D eigenvalue weighted by Gasteiger charge is -2.16. The van der Waals surface area contributed by atoms with Crippen LogP contribution >= 0.6 is 11.3 Å². The molecule has 2 aromatic heterocycles. The van der Waals surface area contributed by atoms with Gasteiger partial charge in [-0.15, -0.1) is 13.2 Å². The van der Waals surface area contributed by atoms with Crippen molar-refractivity contribution in [2.24, 2.45) is 12.8 Å². The number of alkyl halides is 3. The number of nitrogens with zero attached hydrogens (tertiary/aromatic N) is 4. The van der Waals surface area contributed by atoms with Gasteiger partial charge in [-0.05, 0) is 30.7 Å². The summed E-state index contributed by atoms with van der Waals surface area (Å²) in [6.07, 6.45) is -5.01. The molecule has 194 valence electrons. The van der Waals surface area contributed by atoms with Crippen LogP contribution in [0.15, 0.2) is 30.3 Å². The van der Waals surface area contributed by atoms with E-state index in [0.29, 0.717) is 50.9 Å². The predicted octanol–water partition coefficient (Wildman–Crippen LogP) is 3.06. The van der Waals surface area contributed by atoms with E-state index in [0.717, 1.165) is 11.3 Å². The molecule has 0 aliphatic carbocycles. The summed E-state index contributed by atoms with van der Waals surface area (Å²) in [4.78, 5) is 35.6. The number of primary amides is 1. The van der Waals surface area contributed by atoms with Gasteiger partial charge in [0.1, 0.15) is 5.75 Å². The van der Waals surface area contributed by atoms with Gasteiger partial charge in [-0.1, -0.05) is 11.3 Å². The number of nitrogens with two attached hydrogens (primary N) is 1. The van der Waals surface area contributed by atoms with Gasteiger partial charge in [0.25, 0.3) is 0 Å². The van der Waals surface area contributed by atoms with E-state index in [1.807, 2.05) is 0 Å². The number of benzene rings is 2. The number of aryl methyl sites for hydroxylation is 1. The second-order valence-electron chi connectivity index (χ2n) is 8.60. The number of imidazole rings is 1. The van der Waals surface area contributed by atoms with Gasteiger partial charge in [-0.25, -0.2) is 9.97 Å². The smallest absolute Gasteiger partial charge is 0.406 e. The molecular weight excluding hydrogens is 513 g/mol. The monoisotopic (exact) mass is 534 g/mol. The van der Waals surface area contributed by atoms with Gasteiger partial charge < -0.3 is 30.4 Å². The topological polar surface area (TPSA) is 136 Å². The van der Waals surface area contributed by atoms with Gasteiger partial charge in [0.15, 0.2) is 5.13 Å². The highest BCUT2D eigenvalue weighted by Crippen LogP contribution is 2.34. The number of thiazole rings is 1. The molecule has 1 atom stereocenters. The average molecular weight is 535 g/mol. The van der Waals surface area contributed by atoms with Crippen molar-refractivity contribution in [1.82, 2.24) is 19.4 Å². The second kappa shape index (κ2) is 9.19. The van der Waals surface area contributed by atoms with E-state index in [4.69, 9.17) is 5.73 Å². The fourth-order valence-corrected chi connectivity index (χ4v) is 5.21. The third-order valence-electron chi connectivity index (χ3n) is 6.08. The average Bonchev–Trinajstić information content (AvgIpc) is 3.50. The molecule has 0 saturated carbocycles. The number of aliphatic hydroxyl groups is 1. The van der Waals surface area contributed by atoms with Crippen LogP contribution in [0.4, 0.5) is 24.3 Å². The Morgan fingerprint density at radius 3 is 2.73 bits per heavy atom. The summed E-state index contributed by atoms with van der Waals surface area (Å²) < 4.78 is 43.8. The van der Waals surface area contributed by atoms with Crippen molar-refractivity contribution in [2.45, 2.75) is 25.3 Å². The van der Waals surface area contributed by atoms with Crippen molar-refractivity contribution in [1.29, 1.82) is 0 Å². The number of hydrogen-bond acceptors (Lipinski definition) is 8. The minimum Gasteiger partial charge on any atom is -0.406 e. The maximum Gasteiger partial charge on any atom is 0.573 e. The molecule has 4 N–H and O–H groups in total. The highest BCUT2D eigenvalue weighted by Gasteiger charge is 2.31. The Labute approximate surface area is 211 Å². The van der Waals surface area contributed by atoms with Crippen molar-refractivity contribution in [3.05, 3.63) is 41.5 Å². The zero-order valence-corrected chi connectivity index (χ0v) is 20.2. The normalized spacial score (nSPS) is 16.0. The number of halogens is 3. The third kappa shape index (κ3) is 5.02. The number of carbonyl (C=O) groups excluding carboxylic acids is 2. The molecule has 4 aromatic rings. The van der Waals surface area contributed by atoms with Crippen LogP contribution < -0.4 is 15.8 Å². The molecule has 2 aromatic carbocycles. The predicted molar refractivity (Wildman–Crippen MR) is 130 cm³/mol. The Balaban J connectivity index is 1.48. The fourth-order valence-electron chi connectivity index (χ4n) is 4.32. The number of aliphatic hydroxyl groups excluding tert-OH is 1. The third-order valence-corrected chi connectivity index (χ3v) is 7.01. The van der Waals surface area contributed by atoms with E-state index < -0.39 is 18.4 Å². The molecule has 0 radical (unpaired) electrons. The number of anilines is 2. The molecule has 37 heavy (non-hydrogen) atoms. The Hall–Kier alpha value is -3.91. The lowest BCUT2D eigenvalue weighted by Crippen LogP contribution is -2.31. The highest BCUT2D eigenvalue weighted by molar-refractivity contribution is 7.22. The molecule has 10 nitrogen and oxygen atoms in total. The van der Waals surface area contributed by atoms with Gasteiger partial charge in [-0.3, -0.25) is 9.59 Å². The van der Waals surface area contributed by atoms with E-state index in [2.05, 4.69) is 20.0 Å². The number of amides is 2. The standard InChI is InChI=1S/C23H21F3N6O4S/c1-31-16-5-3-13(20(27)35)14(9-18(34)32-7-6-11(33)10-32)19(16)29-21(31)30-22-28-15-4-2-12(8-17(15)37-22)36-23(24,25)26/h2-5,8,11,33H,6-7,9-10H2,1H3,(H2,27,35)(H,28,29,30). The van der Waals surface area contributed by atoms with Crippen molar-refractivity contribution >= 4 is 55.5 Å². The lowest BCUT2D eigenvalue weighted by molar-refractivity contribution is -0.274. The molecular formula is C23H21F3N6O4S. The van der Waals surface area contributed by atoms with Crippen LogP contribution in [0, 0.1) is 0 Å². The van der Waals surface area contributed by atoms with Crippen LogP contribution in [0.3, 0.4) is 0 Å². The zero-order valence-electron chi connectivity index (χ0n) is 19.4. The summed E-state index contributed by atoms with van der Waals surface area (Å²) in [5.74, 6) is -0.964. The quantitative estimate of drug-likeness (QED) is 0.346. The molecule has 0 spiro atoms. The molecule has 1 fully saturated rings. The van der Waals surface area contributed by atoms with Crippen LogP contribution in [-0.2, 0) is 18.3 Å². The van der Waals surface area contributed by atoms with Gasteiger partial charge in [0, 0.05) is 37.3 Å². The van der Waals surface area contributed by atoms with Crippen LogP contribution in [-0.4, -0.2) is 61.9 Å². The first kappa shape index (κ1) is 24.8. The van der Waals surface area contributed by atoms with Crippen LogP contribution in [0.5, 0.6) is 5.75 Å². The van der Waals surface area contributed by atoms with Gasteiger partial charge in [0.05, 0.1) is 33.8 Å². The molecule has 1 saturated heterocycles. The first-order valence-electron chi connectivity index (χ1n) is 11.2. The Kier molecular flexibility index (Phi) is 6.15. The molecule has 1 unspecified atom stereocenters. The number of aromatic nitrogens is 3. The number of carbonyl (C=O) groups is 2. The summed E-state index contributed by atoms with van der Waals surface area (Å²) in [5.41, 5.74) is 7.61. The fraction of sp³-hybridized carbons (Fsp3) is 0.304. The van der Waals surface area contributed by atoms with Gasteiger partial charge >= 0.3 is 6.36 Å². The Morgan fingerprint density at radius 2 is 2.05 bits per heavy atom. The van der Waals surface area contributed by atoms with E-state index in [1.165, 1.54) is 29.2 Å². The molecule has 14 heteroatoms. The zero-order chi connectivity index (χ0) is 26.5. The van der Waals surface area contributed by atoms with Crippen molar-refractivity contribution < 1.29 is 32.6 Å². The summed E-state index contributed by atoms with van der Waals surface area (Å²) in [7, 11) is 1.73. The lowest BCUT2D eigenvalue weighted by atomic mass is 10.0. The summed E-state index contributed by atoms with van der Waals surface area (Å²) in [6, 6.07) is 7.06. The molecule has 0 bridgehead atoms. The number of hydrogen-bond donors (Lipinski definition) is 3. The molecule has 1 aliphatic heterocycles. The summed E-state index contributed by atoms with van der Waals surface area (Å²) in [6.45, 7) is 0.646. The number of β-amino-alcohol motifs (C(OH)–C–C–N with tert-alkyl or cyclic N) is 1. The number of likely N-dealkylation sites (tertiary alicyclic amines) is 1. The highest BCUT2D eigenvalue weighted by atomic mass is 32.1. The SMILES string of the molecule is Cn1c(Nc2nc3ccc(OC(F)(F)F)cc3s2)nc2c(CC(=O)N3CCC(O)C3)c(C(N)=O)ccc21. The summed E-state index contributed by atoms with van der Waals surface area (Å²) in [5, 5.41) is 13.2. The maximum atomic E-state index is 12.9. The van der Waals surface area contributed by atoms with E-state index in [9.17, 15) is 27.9 Å². The van der Waals surface area contributed by atoms with Crippen molar-refractivity contribution in [3.63, 3.8) is 0 Å². The van der Waals surface area contributed by atoms with E-state index in [-0.39, 0.29) is 30.2 Å². The Bertz CT molecular complexity index is 1530. The first-order chi connectivity index (χ1) is 17.5. The summed E-state index contributed by atoms with van der Waals surface area (Å²) >= 11 is 1.11. The van der Waals surface area contributed by atoms with Crippen LogP contribution in [0.2, 0.25) is 0 Å². The maximum absolute atomic E-state index is 12.9. The van der Waals surface area contributed by atoms with Gasteiger partial charge in [0.2, 0.25) is 17.8 Å². The Morgan fingerprint density at radius 1 is 1.27 bits per heavy atom. The molecule has 1 aliphatic rings. The molecule has 5 rings (SSSR count). The van der Waals surface area contributed by atoms with Crippen LogP contribution in [0.25, 0.3) is 21.3 Å².